The summed E-state index contributed by atoms with van der Waals surface area (Å²) in [5, 5.41) is 0. The number of halogens is 4. The van der Waals surface area contributed by atoms with Gasteiger partial charge in [-0.1, -0.05) is 0 Å². The molecule has 0 atom stereocenters. The molecule has 28 heavy (non-hydrogen) atoms. The molecule has 1 rings (SSSR count). The fraction of sp³-hybridized carbons (Fsp3) is 0.571. The van der Waals surface area contributed by atoms with Crippen LogP contribution in [0, 0.1) is 0 Å². The van der Waals surface area contributed by atoms with E-state index in [1.54, 1.807) is 0 Å². The van der Waals surface area contributed by atoms with Crippen molar-refractivity contribution in [2.24, 2.45) is 0 Å². The molecule has 1 aromatic carbocycles. The molecule has 0 aromatic heterocycles. The highest BCUT2D eigenvalue weighted by atomic mass is 35.5. The summed E-state index contributed by atoms with van der Waals surface area (Å²) in [7, 11) is -10.0. The summed E-state index contributed by atoms with van der Waals surface area (Å²) in [6.45, 7) is 0. The third kappa shape index (κ3) is 7.84. The van der Waals surface area contributed by atoms with Crippen molar-refractivity contribution in [3.63, 3.8) is 0 Å². The molecule has 4 N–H and O–H groups in total. The summed E-state index contributed by atoms with van der Waals surface area (Å²) in [6.07, 6.45) is 0.474. The fourth-order valence-electron chi connectivity index (χ4n) is 2.82. The number of hydrogen-bond acceptors (Lipinski definition) is 4. The Morgan fingerprint density at radius 2 is 0.857 bits per heavy atom. The van der Waals surface area contributed by atoms with Gasteiger partial charge in [0.1, 0.15) is 11.5 Å². The van der Waals surface area contributed by atoms with Crippen molar-refractivity contribution < 1.29 is 37.8 Å². The number of phosphoric acid groups is 2. The summed E-state index contributed by atoms with van der Waals surface area (Å²) < 4.78 is 32.9. The second kappa shape index (κ2) is 11.6. The molecule has 162 valence electrons. The van der Waals surface area contributed by atoms with E-state index in [4.69, 9.17) is 55.5 Å². The largest absolute Gasteiger partial charge is 0.524 e. The van der Waals surface area contributed by atoms with E-state index in [1.165, 1.54) is 0 Å². The molecule has 0 fully saturated rings. The number of rotatable bonds is 12. The van der Waals surface area contributed by atoms with E-state index in [2.05, 4.69) is 0 Å². The van der Waals surface area contributed by atoms with Crippen molar-refractivity contribution in [2.45, 2.75) is 25.7 Å². The van der Waals surface area contributed by atoms with E-state index in [0.29, 0.717) is 16.7 Å². The number of hydrogen-bond donors (Lipinski definition) is 4. The van der Waals surface area contributed by atoms with Crippen LogP contribution in [0.25, 0.3) is 0 Å². The van der Waals surface area contributed by atoms with E-state index >= 15 is 0 Å². The lowest BCUT2D eigenvalue weighted by molar-refractivity contribution is 0.277. The number of phosphoric ester groups is 2. The molecule has 0 amide bonds. The monoisotopic (exact) mass is 518 g/mol. The maximum atomic E-state index is 11.6. The zero-order valence-corrected chi connectivity index (χ0v) is 19.3. The molecule has 0 aliphatic heterocycles. The molecular formula is C14H20Cl4O8P2. The summed E-state index contributed by atoms with van der Waals surface area (Å²) in [5.41, 5.74) is 1.19. The molecule has 1 aromatic rings. The number of benzene rings is 1. The van der Waals surface area contributed by atoms with Crippen LogP contribution in [0.1, 0.15) is 22.3 Å². The topological polar surface area (TPSA) is 134 Å². The average molecular weight is 520 g/mol. The first-order valence-corrected chi connectivity index (χ1v) is 13.1. The SMILES string of the molecule is O=P(O)(O)Oc1c(CCCl)c(CCCl)c(CCCl)c(OP(=O)(O)O)c1CCCl. The van der Waals surface area contributed by atoms with Crippen molar-refractivity contribution in [1.29, 1.82) is 0 Å². The van der Waals surface area contributed by atoms with E-state index in [1.807, 2.05) is 0 Å². The van der Waals surface area contributed by atoms with Gasteiger partial charge >= 0.3 is 15.6 Å². The lowest BCUT2D eigenvalue weighted by Gasteiger charge is -2.26. The molecule has 0 saturated carbocycles. The van der Waals surface area contributed by atoms with Gasteiger partial charge in [0.15, 0.2) is 0 Å². The zero-order valence-electron chi connectivity index (χ0n) is 14.5. The molecule has 0 radical (unpaired) electrons. The van der Waals surface area contributed by atoms with E-state index < -0.39 is 15.6 Å². The second-order valence-electron chi connectivity index (χ2n) is 5.49. The molecule has 0 bridgehead atoms. The smallest absolute Gasteiger partial charge is 0.404 e. The highest BCUT2D eigenvalue weighted by Gasteiger charge is 2.31. The van der Waals surface area contributed by atoms with Gasteiger partial charge in [0.05, 0.1) is 0 Å². The lowest BCUT2D eigenvalue weighted by Crippen LogP contribution is -2.13. The van der Waals surface area contributed by atoms with Crippen LogP contribution < -0.4 is 9.05 Å². The first-order chi connectivity index (χ1) is 13.0. The van der Waals surface area contributed by atoms with Crippen LogP contribution in [0.2, 0.25) is 0 Å². The molecule has 0 heterocycles. The van der Waals surface area contributed by atoms with Crippen LogP contribution >= 0.6 is 62.0 Å². The van der Waals surface area contributed by atoms with Crippen LogP contribution in [0.5, 0.6) is 11.5 Å². The first-order valence-electron chi connectivity index (χ1n) is 7.92. The van der Waals surface area contributed by atoms with Gasteiger partial charge in [-0.15, -0.1) is 46.4 Å². The third-order valence-corrected chi connectivity index (χ3v) is 5.22. The minimum absolute atomic E-state index is 0.0141. The van der Waals surface area contributed by atoms with Gasteiger partial charge in [-0.2, -0.15) is 0 Å². The van der Waals surface area contributed by atoms with Crippen molar-refractivity contribution >= 4 is 62.0 Å². The van der Waals surface area contributed by atoms with E-state index in [0.717, 1.165) is 0 Å². The average Bonchev–Trinajstić information content (AvgIpc) is 2.55. The molecule has 8 nitrogen and oxygen atoms in total. The molecule has 0 saturated heterocycles. The standard InChI is InChI=1S/C14H20Cl4O8P2/c15-5-1-9-10(2-6-16)13(25-27(19,20)21)12(4-8-18)14(11(9)3-7-17)26-28(22,23)24/h1-8H2,(H2,19,20,21)(H2,22,23,24). The Bertz CT molecular complexity index is 709. The Morgan fingerprint density at radius 3 is 1.14 bits per heavy atom. The maximum absolute atomic E-state index is 11.6. The second-order valence-corrected chi connectivity index (χ2v) is 9.33. The Balaban J connectivity index is 4.01. The van der Waals surface area contributed by atoms with Crippen LogP contribution in [-0.4, -0.2) is 43.1 Å². The maximum Gasteiger partial charge on any atom is 0.524 e. The highest BCUT2D eigenvalue weighted by Crippen LogP contribution is 2.51. The van der Waals surface area contributed by atoms with Crippen LogP contribution in [0.4, 0.5) is 0 Å². The Labute approximate surface area is 182 Å². The Kier molecular flexibility index (Phi) is 10.9. The number of alkyl halides is 4. The minimum atomic E-state index is -5.02. The van der Waals surface area contributed by atoms with Crippen molar-refractivity contribution in [2.75, 3.05) is 23.5 Å². The molecule has 14 heteroatoms. The summed E-state index contributed by atoms with van der Waals surface area (Å²) in [5.74, 6) is -0.277. The normalized spacial score (nSPS) is 12.3. The molecule has 0 spiro atoms. The van der Waals surface area contributed by atoms with E-state index in [9.17, 15) is 28.7 Å². The van der Waals surface area contributed by atoms with Gasteiger partial charge < -0.3 is 9.05 Å². The van der Waals surface area contributed by atoms with Crippen molar-refractivity contribution in [3.8, 4) is 11.5 Å². The van der Waals surface area contributed by atoms with Gasteiger partial charge in [-0.05, 0) is 31.2 Å². The Morgan fingerprint density at radius 1 is 0.571 bits per heavy atom. The Hall–Kier alpha value is 0.280. The van der Waals surface area contributed by atoms with Crippen LogP contribution in [0.15, 0.2) is 0 Å². The van der Waals surface area contributed by atoms with Gasteiger partial charge in [-0.25, -0.2) is 9.13 Å². The van der Waals surface area contributed by atoms with Crippen molar-refractivity contribution in [1.82, 2.24) is 0 Å². The first kappa shape index (κ1) is 26.3. The van der Waals surface area contributed by atoms with Gasteiger partial charge in [0.25, 0.3) is 0 Å². The van der Waals surface area contributed by atoms with Gasteiger partial charge in [-0.3, -0.25) is 19.6 Å². The molecule has 0 aliphatic rings. The molecule has 0 unspecified atom stereocenters. The third-order valence-electron chi connectivity index (χ3n) is 3.62. The molecule has 0 aliphatic carbocycles. The fourth-order valence-corrected chi connectivity index (χ4v) is 4.49. The quantitative estimate of drug-likeness (QED) is 0.242. The predicted molar refractivity (Wildman–Crippen MR) is 109 cm³/mol. The van der Waals surface area contributed by atoms with Gasteiger partial charge in [0, 0.05) is 40.2 Å². The minimum Gasteiger partial charge on any atom is -0.404 e. The zero-order chi connectivity index (χ0) is 21.5. The predicted octanol–water partition coefficient (Wildman–Crippen LogP) is 3.75. The summed E-state index contributed by atoms with van der Waals surface area (Å²) >= 11 is 23.4. The van der Waals surface area contributed by atoms with E-state index in [-0.39, 0.29) is 66.3 Å². The molecular weight excluding hydrogens is 500 g/mol. The van der Waals surface area contributed by atoms with Crippen molar-refractivity contribution in [3.05, 3.63) is 22.3 Å². The van der Waals surface area contributed by atoms with Crippen LogP contribution in [-0.2, 0) is 34.8 Å². The highest BCUT2D eigenvalue weighted by molar-refractivity contribution is 7.47. The van der Waals surface area contributed by atoms with Crippen LogP contribution in [0.3, 0.4) is 0 Å². The van der Waals surface area contributed by atoms with Gasteiger partial charge in [0.2, 0.25) is 0 Å². The summed E-state index contributed by atoms with van der Waals surface area (Å²) in [4.78, 5) is 37.4. The lowest BCUT2D eigenvalue weighted by atomic mass is 9.89. The summed E-state index contributed by atoms with van der Waals surface area (Å²) in [6, 6.07) is 0.